The number of hydrogen-bond acceptors (Lipinski definition) is 12. The zero-order chi connectivity index (χ0) is 56.8. The van der Waals surface area contributed by atoms with Crippen molar-refractivity contribution in [3.05, 3.63) is 124 Å². The number of fused-ring (bicyclic) bond motifs is 2. The van der Waals surface area contributed by atoms with E-state index >= 15 is 0 Å². The van der Waals surface area contributed by atoms with Crippen molar-refractivity contribution in [3.63, 3.8) is 0 Å². The molecule has 18 nitrogen and oxygen atoms in total. The molecule has 80 heavy (non-hydrogen) atoms. The Morgan fingerprint density at radius 1 is 0.850 bits per heavy atom. The first-order valence-corrected chi connectivity index (χ1v) is 27.7. The lowest BCUT2D eigenvalue weighted by Crippen LogP contribution is -2.62. The Balaban J connectivity index is 0.920. The molecule has 0 aromatic heterocycles. The van der Waals surface area contributed by atoms with Crippen LogP contribution in [0.2, 0.25) is 0 Å². The lowest BCUT2D eigenvalue weighted by Gasteiger charge is -2.43. The Hall–Kier alpha value is -6.75. The standard InChI is InChI=1S/C59H73F3N10O8/c1-35-29-70(45(27-64-35)31-69-19-22-80-33-36(69)2)32-52(74)72-34-59(4,46-16-11-39(24-49(46)72)23-38-9-13-43(60)14-10-38)58(78)65-28-51(73)66-44-15-12-41-26-50(56(76)68-54-47(61)7-6-8-48(54)62)71(30-42(41)25-44)57(77)53(40-17-20-79-21-18-40)67-55(75)37(3)63-5/h6-16,24-25,35-37,40,45,50,53,63-64H,17-23,26-34H2,1-5H3,(H,65,78)(H,66,73)(H,67,75)(H,68,76)/t35-,36-,37+,45-,50+,53+,59?/m1/s1. The van der Waals surface area contributed by atoms with Gasteiger partial charge in [-0.2, -0.15) is 0 Å². The van der Waals surface area contributed by atoms with Gasteiger partial charge >= 0.3 is 0 Å². The minimum absolute atomic E-state index is 0.0172. The van der Waals surface area contributed by atoms with Crippen LogP contribution < -0.4 is 36.8 Å². The average Bonchev–Trinajstić information content (AvgIpc) is 3.76. The lowest BCUT2D eigenvalue weighted by molar-refractivity contribution is -0.145. The first-order chi connectivity index (χ1) is 38.4. The summed E-state index contributed by atoms with van der Waals surface area (Å²) in [6.07, 6.45) is 1.30. The van der Waals surface area contributed by atoms with Gasteiger partial charge in [-0.3, -0.25) is 38.6 Å². The first-order valence-electron chi connectivity index (χ1n) is 27.7. The third kappa shape index (κ3) is 13.2. The predicted octanol–water partition coefficient (Wildman–Crippen LogP) is 3.85. The number of hydrogen-bond donors (Lipinski definition) is 6. The monoisotopic (exact) mass is 1110 g/mol. The second kappa shape index (κ2) is 25.4. The number of likely N-dealkylation sites (N-methyl/N-ethyl adjacent to an activating group) is 1. The van der Waals surface area contributed by atoms with Crippen molar-refractivity contribution in [2.45, 2.75) is 102 Å². The van der Waals surface area contributed by atoms with Crippen LogP contribution in [0.15, 0.2) is 78.9 Å². The molecule has 5 aliphatic heterocycles. The number of amides is 6. The quantitative estimate of drug-likeness (QED) is 0.0893. The minimum Gasteiger partial charge on any atom is -0.381 e. The van der Waals surface area contributed by atoms with Crippen molar-refractivity contribution < 1.29 is 51.4 Å². The van der Waals surface area contributed by atoms with Crippen molar-refractivity contribution >= 4 is 52.5 Å². The fraction of sp³-hybridized carbons (Fsp3) is 0.492. The first kappa shape index (κ1) is 57.9. The number of piperazine rings is 1. The summed E-state index contributed by atoms with van der Waals surface area (Å²) in [5, 5.41) is 17.4. The van der Waals surface area contributed by atoms with Crippen LogP contribution in [-0.2, 0) is 63.0 Å². The fourth-order valence-electron chi connectivity index (χ4n) is 11.6. The Morgan fingerprint density at radius 2 is 1.59 bits per heavy atom. The van der Waals surface area contributed by atoms with E-state index in [1.54, 1.807) is 56.1 Å². The molecule has 21 heteroatoms. The van der Waals surface area contributed by atoms with Gasteiger partial charge in [-0.25, -0.2) is 13.2 Å². The van der Waals surface area contributed by atoms with Crippen LogP contribution in [-0.4, -0.2) is 166 Å². The van der Waals surface area contributed by atoms with E-state index in [2.05, 4.69) is 55.5 Å². The molecule has 3 saturated heterocycles. The van der Waals surface area contributed by atoms with Crippen molar-refractivity contribution in [1.82, 2.24) is 36.0 Å². The van der Waals surface area contributed by atoms with Crippen LogP contribution in [0.3, 0.4) is 0 Å². The molecule has 0 aliphatic carbocycles. The van der Waals surface area contributed by atoms with Gasteiger partial charge in [0.1, 0.15) is 35.2 Å². The van der Waals surface area contributed by atoms with Crippen molar-refractivity contribution in [1.29, 1.82) is 0 Å². The van der Waals surface area contributed by atoms with Gasteiger partial charge < -0.3 is 51.2 Å². The van der Waals surface area contributed by atoms with Crippen LogP contribution in [0.5, 0.6) is 0 Å². The molecule has 428 valence electrons. The normalized spacial score (nSPS) is 23.3. The molecule has 6 amide bonds. The van der Waals surface area contributed by atoms with Crippen molar-refractivity contribution in [2.75, 3.05) is 94.8 Å². The second-order valence-corrected chi connectivity index (χ2v) is 22.2. The highest BCUT2D eigenvalue weighted by atomic mass is 19.1. The third-order valence-corrected chi connectivity index (χ3v) is 16.5. The van der Waals surface area contributed by atoms with E-state index in [0.717, 1.165) is 36.3 Å². The second-order valence-electron chi connectivity index (χ2n) is 22.2. The summed E-state index contributed by atoms with van der Waals surface area (Å²) in [7, 11) is 1.61. The number of rotatable bonds is 17. The summed E-state index contributed by atoms with van der Waals surface area (Å²) in [4.78, 5) is 93.2. The molecule has 5 heterocycles. The van der Waals surface area contributed by atoms with Crippen molar-refractivity contribution in [3.8, 4) is 0 Å². The van der Waals surface area contributed by atoms with E-state index in [1.165, 1.54) is 23.1 Å². The number of para-hydroxylation sites is 1. The molecule has 0 radical (unpaired) electrons. The molecule has 0 spiro atoms. The Kier molecular flexibility index (Phi) is 18.4. The molecule has 7 atom stereocenters. The van der Waals surface area contributed by atoms with Gasteiger partial charge in [-0.05, 0) is 130 Å². The zero-order valence-electron chi connectivity index (χ0n) is 46.0. The zero-order valence-corrected chi connectivity index (χ0v) is 46.0. The maximum atomic E-state index is 14.9. The highest BCUT2D eigenvalue weighted by Crippen LogP contribution is 2.42. The molecule has 3 fully saturated rings. The maximum absolute atomic E-state index is 14.9. The van der Waals surface area contributed by atoms with Crippen molar-refractivity contribution in [2.24, 2.45) is 5.92 Å². The summed E-state index contributed by atoms with van der Waals surface area (Å²) in [5.41, 5.74) is 2.55. The molecule has 9 rings (SSSR count). The lowest BCUT2D eigenvalue weighted by atomic mass is 9.83. The number of morpholine rings is 1. The summed E-state index contributed by atoms with van der Waals surface area (Å²) >= 11 is 0. The number of carbonyl (C=O) groups is 6. The smallest absolute Gasteiger partial charge is 0.247 e. The maximum Gasteiger partial charge on any atom is 0.247 e. The number of anilines is 3. The molecular formula is C59H73F3N10O8. The SMILES string of the molecule is CN[C@@H](C)C(=O)N[C@H](C(=O)N1Cc2cc(NC(=O)CNC(=O)C3(C)CN(C(=O)CN4C[C@@H](C)NC[C@@H]4CN4CCOC[C@H]4C)c4cc(Cc5ccc(F)cc5)ccc43)ccc2C[C@H]1C(=O)Nc1c(F)cccc1F)C1CCOCC1. The molecule has 5 aliphatic rings. The number of nitrogens with zero attached hydrogens (tertiary/aromatic N) is 4. The summed E-state index contributed by atoms with van der Waals surface area (Å²) in [5.74, 6) is -5.74. The summed E-state index contributed by atoms with van der Waals surface area (Å²) in [6.45, 7) is 12.1. The third-order valence-electron chi connectivity index (χ3n) is 16.5. The molecule has 4 aromatic rings. The predicted molar refractivity (Wildman–Crippen MR) is 295 cm³/mol. The Labute approximate surface area is 464 Å². The van der Waals surface area contributed by atoms with Gasteiger partial charge in [0.05, 0.1) is 37.8 Å². The van der Waals surface area contributed by atoms with Gasteiger partial charge in [-0.1, -0.05) is 36.4 Å². The van der Waals surface area contributed by atoms with Crippen LogP contribution in [0.1, 0.15) is 68.4 Å². The topological polar surface area (TPSA) is 206 Å². The summed E-state index contributed by atoms with van der Waals surface area (Å²) in [6, 6.07) is 17.5. The number of halogens is 3. The van der Waals surface area contributed by atoms with E-state index in [9.17, 15) is 41.9 Å². The van der Waals surface area contributed by atoms with E-state index in [1.807, 2.05) is 18.2 Å². The van der Waals surface area contributed by atoms with Gasteiger partial charge in [-0.15, -0.1) is 0 Å². The highest BCUT2D eigenvalue weighted by Gasteiger charge is 2.48. The minimum atomic E-state index is -1.27. The Morgan fingerprint density at radius 3 is 2.31 bits per heavy atom. The molecule has 1 unspecified atom stereocenters. The number of carbonyl (C=O) groups excluding carboxylic acids is 6. The van der Waals surface area contributed by atoms with Crippen LogP contribution in [0.4, 0.5) is 30.2 Å². The van der Waals surface area contributed by atoms with Crippen LogP contribution in [0.25, 0.3) is 0 Å². The molecule has 0 bridgehead atoms. The Bertz CT molecular complexity index is 2930. The highest BCUT2D eigenvalue weighted by molar-refractivity contribution is 6.04. The largest absolute Gasteiger partial charge is 0.381 e. The molecule has 0 saturated carbocycles. The molecular weight excluding hydrogens is 1030 g/mol. The summed E-state index contributed by atoms with van der Waals surface area (Å²) < 4.78 is 55.0. The van der Waals surface area contributed by atoms with Crippen LogP contribution >= 0.6 is 0 Å². The molecule has 4 aromatic carbocycles. The van der Waals surface area contributed by atoms with E-state index in [0.29, 0.717) is 86.8 Å². The van der Waals surface area contributed by atoms with Gasteiger partial charge in [0, 0.05) is 88.4 Å². The van der Waals surface area contributed by atoms with E-state index in [-0.39, 0.29) is 61.8 Å². The molecule has 6 N–H and O–H groups in total. The number of nitrogens with one attached hydrogen (secondary N) is 6. The van der Waals surface area contributed by atoms with E-state index < -0.39 is 76.9 Å². The average molecular weight is 1110 g/mol. The van der Waals surface area contributed by atoms with Crippen LogP contribution in [0, 0.1) is 23.4 Å². The van der Waals surface area contributed by atoms with Gasteiger partial charge in [0.25, 0.3) is 0 Å². The van der Waals surface area contributed by atoms with Gasteiger partial charge in [0.2, 0.25) is 35.4 Å². The van der Waals surface area contributed by atoms with E-state index in [4.69, 9.17) is 9.47 Å². The number of ether oxygens (including phenoxy) is 2. The number of benzene rings is 4. The fourth-order valence-corrected chi connectivity index (χ4v) is 11.6. The van der Waals surface area contributed by atoms with Gasteiger partial charge in [0.15, 0.2) is 0 Å².